The minimum Gasteiger partial charge on any atom is -0.383 e. The SMILES string of the molecule is COCCN1C[C@H]2CN(C(=O)C3CC3)CCN2C1=O. The summed E-state index contributed by atoms with van der Waals surface area (Å²) in [5.41, 5.74) is 0. The van der Waals surface area contributed by atoms with Crippen LogP contribution in [0.1, 0.15) is 12.8 Å². The van der Waals surface area contributed by atoms with Gasteiger partial charge in [0.2, 0.25) is 5.91 Å². The highest BCUT2D eigenvalue weighted by molar-refractivity contribution is 5.82. The predicted molar refractivity (Wildman–Crippen MR) is 68.6 cm³/mol. The van der Waals surface area contributed by atoms with E-state index >= 15 is 0 Å². The molecule has 3 fully saturated rings. The summed E-state index contributed by atoms with van der Waals surface area (Å²) in [5, 5.41) is 0. The van der Waals surface area contributed by atoms with E-state index in [0.29, 0.717) is 38.7 Å². The first-order chi connectivity index (χ1) is 9.20. The first-order valence-corrected chi connectivity index (χ1v) is 7.04. The van der Waals surface area contributed by atoms with E-state index in [1.165, 1.54) is 0 Å². The largest absolute Gasteiger partial charge is 0.383 e. The van der Waals surface area contributed by atoms with Gasteiger partial charge in [-0.15, -0.1) is 0 Å². The normalized spacial score (nSPS) is 26.9. The second kappa shape index (κ2) is 5.00. The molecule has 19 heavy (non-hydrogen) atoms. The van der Waals surface area contributed by atoms with Crippen LogP contribution in [0, 0.1) is 5.92 Å². The number of urea groups is 1. The number of hydrogen-bond donors (Lipinski definition) is 0. The lowest BCUT2D eigenvalue weighted by molar-refractivity contribution is -0.134. The van der Waals surface area contributed by atoms with Crippen molar-refractivity contribution >= 4 is 11.9 Å². The molecule has 106 valence electrons. The Kier molecular flexibility index (Phi) is 3.35. The van der Waals surface area contributed by atoms with E-state index in [4.69, 9.17) is 4.74 Å². The van der Waals surface area contributed by atoms with Gasteiger partial charge < -0.3 is 19.4 Å². The molecule has 0 aromatic carbocycles. The average Bonchev–Trinajstić information content (AvgIpc) is 3.22. The van der Waals surface area contributed by atoms with Crippen LogP contribution in [0.3, 0.4) is 0 Å². The molecule has 3 amide bonds. The maximum Gasteiger partial charge on any atom is 0.320 e. The quantitative estimate of drug-likeness (QED) is 0.720. The van der Waals surface area contributed by atoms with E-state index in [1.54, 1.807) is 7.11 Å². The third-order valence-corrected chi connectivity index (χ3v) is 4.23. The molecule has 0 unspecified atom stereocenters. The summed E-state index contributed by atoms with van der Waals surface area (Å²) in [6.07, 6.45) is 2.09. The van der Waals surface area contributed by atoms with Gasteiger partial charge in [-0.05, 0) is 12.8 Å². The molecule has 1 aliphatic carbocycles. The first kappa shape index (κ1) is 12.7. The summed E-state index contributed by atoms with van der Waals surface area (Å²) >= 11 is 0. The van der Waals surface area contributed by atoms with E-state index in [9.17, 15) is 9.59 Å². The number of piperazine rings is 1. The number of amides is 3. The van der Waals surface area contributed by atoms with Gasteiger partial charge in [0.05, 0.1) is 12.6 Å². The third kappa shape index (κ3) is 2.41. The Hall–Kier alpha value is -1.30. The topological polar surface area (TPSA) is 53.1 Å². The molecule has 1 saturated carbocycles. The summed E-state index contributed by atoms with van der Waals surface area (Å²) < 4.78 is 5.03. The van der Waals surface area contributed by atoms with Gasteiger partial charge in [-0.25, -0.2) is 4.79 Å². The third-order valence-electron chi connectivity index (χ3n) is 4.23. The minimum atomic E-state index is 0.0978. The predicted octanol–water partition coefficient (Wildman–Crippen LogP) is -0.00880. The van der Waals surface area contributed by atoms with Gasteiger partial charge in [-0.1, -0.05) is 0 Å². The van der Waals surface area contributed by atoms with Gasteiger partial charge in [0.25, 0.3) is 0 Å². The van der Waals surface area contributed by atoms with Gasteiger partial charge >= 0.3 is 6.03 Å². The zero-order chi connectivity index (χ0) is 13.4. The highest BCUT2D eigenvalue weighted by atomic mass is 16.5. The molecule has 6 nitrogen and oxygen atoms in total. The highest BCUT2D eigenvalue weighted by Gasteiger charge is 2.43. The Labute approximate surface area is 113 Å². The minimum absolute atomic E-state index is 0.0978. The molecule has 0 aromatic rings. The smallest absolute Gasteiger partial charge is 0.320 e. The Bertz CT molecular complexity index is 383. The second-order valence-electron chi connectivity index (χ2n) is 5.63. The molecule has 3 rings (SSSR count). The number of carbonyl (C=O) groups excluding carboxylic acids is 2. The zero-order valence-corrected chi connectivity index (χ0v) is 11.4. The van der Waals surface area contributed by atoms with Crippen molar-refractivity contribution in [1.82, 2.24) is 14.7 Å². The van der Waals surface area contributed by atoms with Crippen LogP contribution in [0.5, 0.6) is 0 Å². The van der Waals surface area contributed by atoms with E-state index < -0.39 is 0 Å². The van der Waals surface area contributed by atoms with Crippen molar-refractivity contribution in [2.45, 2.75) is 18.9 Å². The van der Waals surface area contributed by atoms with E-state index in [1.807, 2.05) is 14.7 Å². The van der Waals surface area contributed by atoms with Crippen molar-refractivity contribution in [2.75, 3.05) is 46.4 Å². The number of methoxy groups -OCH3 is 1. The summed E-state index contributed by atoms with van der Waals surface area (Å²) in [5.74, 6) is 0.565. The summed E-state index contributed by atoms with van der Waals surface area (Å²) in [6.45, 7) is 3.98. The summed E-state index contributed by atoms with van der Waals surface area (Å²) in [4.78, 5) is 29.9. The van der Waals surface area contributed by atoms with Crippen molar-refractivity contribution < 1.29 is 14.3 Å². The van der Waals surface area contributed by atoms with Gasteiger partial charge in [-0.2, -0.15) is 0 Å². The fraction of sp³-hybridized carbons (Fsp3) is 0.846. The van der Waals surface area contributed by atoms with Crippen LogP contribution in [0.2, 0.25) is 0 Å². The van der Waals surface area contributed by atoms with Crippen molar-refractivity contribution in [2.24, 2.45) is 5.92 Å². The number of rotatable bonds is 4. The molecule has 0 radical (unpaired) electrons. The van der Waals surface area contributed by atoms with Crippen molar-refractivity contribution in [3.8, 4) is 0 Å². The maximum atomic E-state index is 12.2. The van der Waals surface area contributed by atoms with Crippen LogP contribution < -0.4 is 0 Å². The lowest BCUT2D eigenvalue weighted by Gasteiger charge is -2.36. The number of nitrogens with zero attached hydrogens (tertiary/aromatic N) is 3. The van der Waals surface area contributed by atoms with E-state index in [2.05, 4.69) is 0 Å². The molecule has 2 saturated heterocycles. The monoisotopic (exact) mass is 267 g/mol. The Balaban J connectivity index is 1.59. The standard InChI is InChI=1S/C13H21N3O3/c1-19-7-6-15-9-11-8-14(12(17)10-2-3-10)4-5-16(11)13(15)18/h10-11H,2-9H2,1H3/t11-/m1/s1. The fourth-order valence-electron chi connectivity index (χ4n) is 2.95. The molecule has 0 aromatic heterocycles. The summed E-state index contributed by atoms with van der Waals surface area (Å²) in [6, 6.07) is 0.265. The van der Waals surface area contributed by atoms with Crippen LogP contribution in [0.25, 0.3) is 0 Å². The molecule has 2 aliphatic heterocycles. The second-order valence-corrected chi connectivity index (χ2v) is 5.63. The van der Waals surface area contributed by atoms with Crippen molar-refractivity contribution in [1.29, 1.82) is 0 Å². The molecular weight excluding hydrogens is 246 g/mol. The van der Waals surface area contributed by atoms with Gasteiger partial charge in [0.1, 0.15) is 0 Å². The van der Waals surface area contributed by atoms with Crippen molar-refractivity contribution in [3.05, 3.63) is 0 Å². The lowest BCUT2D eigenvalue weighted by Crippen LogP contribution is -2.54. The first-order valence-electron chi connectivity index (χ1n) is 7.04. The number of hydrogen-bond acceptors (Lipinski definition) is 3. The van der Waals surface area contributed by atoms with Crippen LogP contribution in [0.15, 0.2) is 0 Å². The average molecular weight is 267 g/mol. The van der Waals surface area contributed by atoms with Gasteiger partial charge in [0, 0.05) is 45.8 Å². The van der Waals surface area contributed by atoms with Crippen LogP contribution in [-0.2, 0) is 9.53 Å². The Morgan fingerprint density at radius 2 is 2.11 bits per heavy atom. The van der Waals surface area contributed by atoms with Crippen LogP contribution in [-0.4, -0.2) is 79.1 Å². The van der Waals surface area contributed by atoms with Crippen molar-refractivity contribution in [3.63, 3.8) is 0 Å². The number of fused-ring (bicyclic) bond motifs is 1. The van der Waals surface area contributed by atoms with Crippen LogP contribution >= 0.6 is 0 Å². The van der Waals surface area contributed by atoms with Crippen LogP contribution in [0.4, 0.5) is 4.79 Å². The highest BCUT2D eigenvalue weighted by Crippen LogP contribution is 2.32. The molecule has 0 N–H and O–H groups in total. The molecule has 0 bridgehead atoms. The number of ether oxygens (including phenoxy) is 1. The molecule has 2 heterocycles. The molecular formula is C13H21N3O3. The summed E-state index contributed by atoms with van der Waals surface area (Å²) in [7, 11) is 1.64. The molecule has 1 atom stereocenters. The van der Waals surface area contributed by atoms with Gasteiger partial charge in [-0.3, -0.25) is 4.79 Å². The number of carbonyl (C=O) groups is 2. The molecule has 3 aliphatic rings. The van der Waals surface area contributed by atoms with Gasteiger partial charge in [0.15, 0.2) is 0 Å². The molecule has 6 heteroatoms. The zero-order valence-electron chi connectivity index (χ0n) is 11.4. The Morgan fingerprint density at radius 3 is 2.79 bits per heavy atom. The molecule has 0 spiro atoms. The maximum absolute atomic E-state index is 12.2. The Morgan fingerprint density at radius 1 is 1.32 bits per heavy atom. The van der Waals surface area contributed by atoms with E-state index in [-0.39, 0.29) is 18.0 Å². The lowest BCUT2D eigenvalue weighted by atomic mass is 10.2. The van der Waals surface area contributed by atoms with E-state index in [0.717, 1.165) is 19.4 Å². The fourth-order valence-corrected chi connectivity index (χ4v) is 2.95.